The number of hydrogen-bond donors (Lipinski definition) is 0. The van der Waals surface area contributed by atoms with E-state index >= 15 is 0 Å². The molecule has 0 spiro atoms. The first kappa shape index (κ1) is 41.4. The number of nitrogens with zero attached hydrogens (tertiary/aromatic N) is 1. The minimum Gasteiger partial charge on any atom is -0.309 e. The first-order valence-corrected chi connectivity index (χ1v) is 24.0. The van der Waals surface area contributed by atoms with E-state index in [2.05, 4.69) is 264 Å². The van der Waals surface area contributed by atoms with Crippen LogP contribution in [0.5, 0.6) is 0 Å². The SMILES string of the molecule is Cc1ccccc1-c1ccccc1C(c1ccccc1-c1ccccc1C)c1cc(-c2ccc(-n3c4ccccc4c4cc5c(cc43)C(C)(C)c3ccccc3-5)cc2)ccc1-c1ccccc1C. The fourth-order valence-corrected chi connectivity index (χ4v) is 11.6. The third-order valence-corrected chi connectivity index (χ3v) is 15.0. The number of rotatable bonds is 8. The molecule has 0 bridgehead atoms. The minimum atomic E-state index is -0.106. The molecule has 68 heavy (non-hydrogen) atoms. The van der Waals surface area contributed by atoms with Gasteiger partial charge in [0.25, 0.3) is 0 Å². The summed E-state index contributed by atoms with van der Waals surface area (Å²) in [4.78, 5) is 0. The number of aromatic nitrogens is 1. The summed E-state index contributed by atoms with van der Waals surface area (Å²) in [7, 11) is 0. The number of fused-ring (bicyclic) bond motifs is 6. The largest absolute Gasteiger partial charge is 0.309 e. The molecule has 0 saturated carbocycles. The summed E-state index contributed by atoms with van der Waals surface area (Å²) in [5.74, 6) is -0.106. The second-order valence-corrected chi connectivity index (χ2v) is 19.3. The van der Waals surface area contributed by atoms with Crippen molar-refractivity contribution < 1.29 is 0 Å². The monoisotopic (exact) mass is 871 g/mol. The van der Waals surface area contributed by atoms with Crippen LogP contribution < -0.4 is 0 Å². The van der Waals surface area contributed by atoms with Gasteiger partial charge in [-0.25, -0.2) is 0 Å². The summed E-state index contributed by atoms with van der Waals surface area (Å²) in [6.07, 6.45) is 0. The Hall–Kier alpha value is -8.00. The Balaban J connectivity index is 1.06. The highest BCUT2D eigenvalue weighted by Crippen LogP contribution is 2.52. The lowest BCUT2D eigenvalue weighted by Crippen LogP contribution is -2.14. The van der Waals surface area contributed by atoms with Crippen molar-refractivity contribution in [1.29, 1.82) is 0 Å². The Kier molecular flexibility index (Phi) is 9.99. The van der Waals surface area contributed by atoms with Crippen LogP contribution in [0.25, 0.3) is 83.1 Å². The summed E-state index contributed by atoms with van der Waals surface area (Å²) in [6.45, 7) is 11.5. The van der Waals surface area contributed by atoms with Crippen molar-refractivity contribution in [2.24, 2.45) is 0 Å². The summed E-state index contributed by atoms with van der Waals surface area (Å²) in [5.41, 5.74) is 26.5. The van der Waals surface area contributed by atoms with Gasteiger partial charge in [0.05, 0.1) is 11.0 Å². The van der Waals surface area contributed by atoms with E-state index < -0.39 is 0 Å². The molecule has 0 saturated heterocycles. The Bertz CT molecular complexity index is 3660. The molecular formula is C67H53N. The van der Waals surface area contributed by atoms with E-state index in [1.807, 2.05) is 0 Å². The molecule has 0 N–H and O–H groups in total. The molecule has 326 valence electrons. The predicted octanol–water partition coefficient (Wildman–Crippen LogP) is 17.9. The molecular weight excluding hydrogens is 819 g/mol. The van der Waals surface area contributed by atoms with Gasteiger partial charge in [-0.2, -0.15) is 0 Å². The molecule has 1 nitrogen and oxygen atoms in total. The lowest BCUT2D eigenvalue weighted by Gasteiger charge is -2.28. The Morgan fingerprint density at radius 3 is 1.38 bits per heavy atom. The summed E-state index contributed by atoms with van der Waals surface area (Å²) in [6, 6.07) is 84.0. The highest BCUT2D eigenvalue weighted by Gasteiger charge is 2.36. The highest BCUT2D eigenvalue weighted by atomic mass is 15.0. The maximum atomic E-state index is 2.49. The van der Waals surface area contributed by atoms with Crippen LogP contribution in [-0.4, -0.2) is 4.57 Å². The molecule has 10 aromatic carbocycles. The average molecular weight is 872 g/mol. The average Bonchev–Trinajstić information content (AvgIpc) is 3.81. The van der Waals surface area contributed by atoms with Crippen molar-refractivity contribution in [1.82, 2.24) is 4.57 Å². The zero-order valence-electron chi connectivity index (χ0n) is 39.4. The highest BCUT2D eigenvalue weighted by molar-refractivity contribution is 6.11. The first-order chi connectivity index (χ1) is 33.3. The molecule has 0 aliphatic heterocycles. The van der Waals surface area contributed by atoms with Crippen LogP contribution in [-0.2, 0) is 5.41 Å². The van der Waals surface area contributed by atoms with Crippen molar-refractivity contribution in [3.63, 3.8) is 0 Å². The number of hydrogen-bond acceptors (Lipinski definition) is 0. The molecule has 1 heterocycles. The molecule has 1 aliphatic rings. The van der Waals surface area contributed by atoms with Gasteiger partial charge in [-0.05, 0) is 157 Å². The lowest BCUT2D eigenvalue weighted by atomic mass is 9.75. The van der Waals surface area contributed by atoms with E-state index in [1.54, 1.807) is 0 Å². The predicted molar refractivity (Wildman–Crippen MR) is 288 cm³/mol. The van der Waals surface area contributed by atoms with Gasteiger partial charge in [0.2, 0.25) is 0 Å². The van der Waals surface area contributed by atoms with Crippen molar-refractivity contribution in [2.45, 2.75) is 46.0 Å². The van der Waals surface area contributed by atoms with Crippen molar-refractivity contribution >= 4 is 21.8 Å². The van der Waals surface area contributed by atoms with Crippen molar-refractivity contribution in [3.8, 4) is 61.3 Å². The third-order valence-electron chi connectivity index (χ3n) is 15.0. The second kappa shape index (κ2) is 16.4. The van der Waals surface area contributed by atoms with Crippen LogP contribution in [0.1, 0.15) is 64.3 Å². The Labute approximate surface area is 400 Å². The molecule has 11 aromatic rings. The summed E-state index contributed by atoms with van der Waals surface area (Å²) < 4.78 is 2.47. The van der Waals surface area contributed by atoms with Crippen LogP contribution in [0, 0.1) is 20.8 Å². The van der Waals surface area contributed by atoms with Gasteiger partial charge in [-0.1, -0.05) is 202 Å². The van der Waals surface area contributed by atoms with Crippen LogP contribution in [0.4, 0.5) is 0 Å². The van der Waals surface area contributed by atoms with Gasteiger partial charge in [0.1, 0.15) is 0 Å². The third kappa shape index (κ3) is 6.68. The number of benzene rings is 10. The van der Waals surface area contributed by atoms with E-state index in [4.69, 9.17) is 0 Å². The zero-order valence-corrected chi connectivity index (χ0v) is 39.4. The standard InChI is InChI=1S/C67H53N/c1-43-20-6-9-23-49(43)52-26-12-14-30-57(52)66(58-31-15-13-27-53(58)50-24-10-7-21-44(50)2)61-40-47(36-39-54(61)51-25-11-8-22-45(51)3)46-34-37-48(38-35-46)68-64-33-19-17-29-56(64)60-41-59-55-28-16-18-32-62(55)67(4,5)63(59)42-65(60)68/h6-42,66H,1-5H3. The van der Waals surface area contributed by atoms with Gasteiger partial charge in [-0.3, -0.25) is 0 Å². The molecule has 1 aromatic heterocycles. The minimum absolute atomic E-state index is 0.0911. The fraction of sp³-hybridized carbons (Fsp3) is 0.104. The van der Waals surface area contributed by atoms with Crippen LogP contribution in [0.2, 0.25) is 0 Å². The lowest BCUT2D eigenvalue weighted by molar-refractivity contribution is 0.661. The van der Waals surface area contributed by atoms with Crippen LogP contribution in [0.15, 0.2) is 224 Å². The van der Waals surface area contributed by atoms with Gasteiger partial charge in [0.15, 0.2) is 0 Å². The Morgan fingerprint density at radius 1 is 0.324 bits per heavy atom. The Morgan fingerprint density at radius 2 is 0.794 bits per heavy atom. The van der Waals surface area contributed by atoms with Gasteiger partial charge >= 0.3 is 0 Å². The summed E-state index contributed by atoms with van der Waals surface area (Å²) >= 11 is 0. The number of aryl methyl sites for hydroxylation is 3. The van der Waals surface area contributed by atoms with Gasteiger partial charge in [-0.15, -0.1) is 0 Å². The van der Waals surface area contributed by atoms with E-state index in [0.29, 0.717) is 0 Å². The molecule has 0 fully saturated rings. The maximum absolute atomic E-state index is 2.49. The second-order valence-electron chi connectivity index (χ2n) is 19.3. The molecule has 0 atom stereocenters. The van der Waals surface area contributed by atoms with Gasteiger partial charge in [0, 0.05) is 27.8 Å². The van der Waals surface area contributed by atoms with E-state index in [-0.39, 0.29) is 11.3 Å². The smallest absolute Gasteiger partial charge is 0.0544 e. The molecule has 0 amide bonds. The molecule has 0 radical (unpaired) electrons. The topological polar surface area (TPSA) is 4.93 Å². The normalized spacial score (nSPS) is 12.7. The van der Waals surface area contributed by atoms with Crippen LogP contribution >= 0.6 is 0 Å². The molecule has 1 heteroatoms. The van der Waals surface area contributed by atoms with Crippen LogP contribution in [0.3, 0.4) is 0 Å². The summed E-state index contributed by atoms with van der Waals surface area (Å²) in [5, 5.41) is 2.56. The van der Waals surface area contributed by atoms with E-state index in [1.165, 1.54) is 122 Å². The maximum Gasteiger partial charge on any atom is 0.0544 e. The van der Waals surface area contributed by atoms with Crippen molar-refractivity contribution in [3.05, 3.63) is 269 Å². The fourth-order valence-electron chi connectivity index (χ4n) is 11.6. The zero-order chi connectivity index (χ0) is 46.1. The van der Waals surface area contributed by atoms with E-state index in [0.717, 1.165) is 5.69 Å². The van der Waals surface area contributed by atoms with Crippen molar-refractivity contribution in [2.75, 3.05) is 0 Å². The molecule has 1 aliphatic carbocycles. The van der Waals surface area contributed by atoms with Gasteiger partial charge < -0.3 is 4.57 Å². The molecule has 0 unspecified atom stereocenters. The molecule has 12 rings (SSSR count). The quantitative estimate of drug-likeness (QED) is 0.134. The van der Waals surface area contributed by atoms with E-state index in [9.17, 15) is 0 Å². The first-order valence-electron chi connectivity index (χ1n) is 24.0. The number of para-hydroxylation sites is 1.